The lowest BCUT2D eigenvalue weighted by Crippen LogP contribution is -2.40. The zero-order chi connectivity index (χ0) is 13.1. The van der Waals surface area contributed by atoms with E-state index < -0.39 is 0 Å². The maximum Gasteiger partial charge on any atom is 0.253 e. The fourth-order valence-corrected chi connectivity index (χ4v) is 2.39. The van der Waals surface area contributed by atoms with E-state index in [9.17, 15) is 4.79 Å². The summed E-state index contributed by atoms with van der Waals surface area (Å²) in [6.07, 6.45) is 3.87. The first kappa shape index (κ1) is 12.9. The maximum absolute atomic E-state index is 12.1. The summed E-state index contributed by atoms with van der Waals surface area (Å²) in [4.78, 5) is 12.1. The smallest absolute Gasteiger partial charge is 0.253 e. The highest BCUT2D eigenvalue weighted by atomic mass is 16.1. The molecule has 1 fully saturated rings. The van der Waals surface area contributed by atoms with E-state index in [1.165, 1.54) is 0 Å². The van der Waals surface area contributed by atoms with Crippen LogP contribution in [0.2, 0.25) is 0 Å². The summed E-state index contributed by atoms with van der Waals surface area (Å²) in [5.74, 6) is -0.0725. The van der Waals surface area contributed by atoms with Crippen LogP contribution in [0.15, 0.2) is 18.2 Å². The highest BCUT2D eigenvalue weighted by molar-refractivity contribution is 5.99. The predicted molar refractivity (Wildman–Crippen MR) is 73.3 cm³/mol. The van der Waals surface area contributed by atoms with Crippen LogP contribution < -0.4 is 16.8 Å². The Morgan fingerprint density at radius 2 is 1.94 bits per heavy atom. The molecule has 1 aromatic rings. The first-order valence-corrected chi connectivity index (χ1v) is 6.49. The fraction of sp³-hybridized carbons (Fsp3) is 0.500. The Morgan fingerprint density at radius 1 is 1.28 bits per heavy atom. The van der Waals surface area contributed by atoms with Gasteiger partial charge in [0.2, 0.25) is 0 Å². The van der Waals surface area contributed by atoms with Gasteiger partial charge < -0.3 is 16.8 Å². The largest absolute Gasteiger partial charge is 0.398 e. The van der Waals surface area contributed by atoms with Gasteiger partial charge in [-0.1, -0.05) is 11.6 Å². The van der Waals surface area contributed by atoms with Crippen molar-refractivity contribution in [3.05, 3.63) is 29.3 Å². The van der Waals surface area contributed by atoms with Gasteiger partial charge in [-0.2, -0.15) is 0 Å². The Morgan fingerprint density at radius 3 is 2.61 bits per heavy atom. The van der Waals surface area contributed by atoms with Gasteiger partial charge in [-0.05, 0) is 44.7 Å². The van der Waals surface area contributed by atoms with E-state index in [-0.39, 0.29) is 11.9 Å². The Hall–Kier alpha value is -1.55. The molecule has 4 heteroatoms. The molecule has 4 nitrogen and oxygen atoms in total. The van der Waals surface area contributed by atoms with E-state index in [1.54, 1.807) is 6.07 Å². The number of amides is 1. The number of anilines is 1. The van der Waals surface area contributed by atoms with Crippen LogP contribution in [0, 0.1) is 6.92 Å². The molecule has 0 spiro atoms. The minimum absolute atomic E-state index is 0.0725. The van der Waals surface area contributed by atoms with Gasteiger partial charge in [0.1, 0.15) is 0 Å². The van der Waals surface area contributed by atoms with Gasteiger partial charge in [0.25, 0.3) is 5.91 Å². The molecule has 0 unspecified atom stereocenters. The summed E-state index contributed by atoms with van der Waals surface area (Å²) in [5, 5.41) is 3.05. The van der Waals surface area contributed by atoms with Crippen LogP contribution in [-0.4, -0.2) is 18.0 Å². The molecular weight excluding hydrogens is 226 g/mol. The summed E-state index contributed by atoms with van der Waals surface area (Å²) >= 11 is 0. The van der Waals surface area contributed by atoms with Gasteiger partial charge in [0, 0.05) is 17.8 Å². The number of nitrogens with one attached hydrogen (secondary N) is 1. The Labute approximate surface area is 108 Å². The van der Waals surface area contributed by atoms with E-state index >= 15 is 0 Å². The zero-order valence-corrected chi connectivity index (χ0v) is 10.8. The summed E-state index contributed by atoms with van der Waals surface area (Å²) < 4.78 is 0. The molecular formula is C14H21N3O. The zero-order valence-electron chi connectivity index (χ0n) is 10.8. The van der Waals surface area contributed by atoms with E-state index in [1.807, 2.05) is 19.1 Å². The van der Waals surface area contributed by atoms with Gasteiger partial charge in [-0.3, -0.25) is 4.79 Å². The third-order valence-electron chi connectivity index (χ3n) is 3.56. The summed E-state index contributed by atoms with van der Waals surface area (Å²) in [6.45, 7) is 1.95. The number of benzene rings is 1. The molecule has 1 aromatic carbocycles. The highest BCUT2D eigenvalue weighted by Gasteiger charge is 2.21. The number of carbonyl (C=O) groups is 1. The minimum atomic E-state index is -0.0725. The van der Waals surface area contributed by atoms with Crippen molar-refractivity contribution in [2.45, 2.75) is 44.7 Å². The molecule has 0 bridgehead atoms. The predicted octanol–water partition coefficient (Wildman–Crippen LogP) is 1.58. The SMILES string of the molecule is Cc1ccc(N)c(C(=O)NC2CCC(N)CC2)c1. The van der Waals surface area contributed by atoms with Crippen molar-refractivity contribution >= 4 is 11.6 Å². The quantitative estimate of drug-likeness (QED) is 0.694. The van der Waals surface area contributed by atoms with Crippen molar-refractivity contribution < 1.29 is 4.79 Å². The van der Waals surface area contributed by atoms with E-state index in [0.29, 0.717) is 17.3 Å². The molecule has 0 aliphatic heterocycles. The molecule has 0 atom stereocenters. The van der Waals surface area contributed by atoms with Crippen LogP contribution in [0.5, 0.6) is 0 Å². The van der Waals surface area contributed by atoms with Crippen molar-refractivity contribution in [2.75, 3.05) is 5.73 Å². The standard InChI is InChI=1S/C14H21N3O/c1-9-2-7-13(16)12(8-9)14(18)17-11-5-3-10(15)4-6-11/h2,7-8,10-11H,3-6,15-16H2,1H3,(H,17,18). The molecule has 2 rings (SSSR count). The van der Waals surface area contributed by atoms with Gasteiger partial charge in [-0.25, -0.2) is 0 Å². The molecule has 0 saturated heterocycles. The van der Waals surface area contributed by atoms with Crippen molar-refractivity contribution in [2.24, 2.45) is 5.73 Å². The van der Waals surface area contributed by atoms with Crippen molar-refractivity contribution in [3.8, 4) is 0 Å². The van der Waals surface area contributed by atoms with Gasteiger partial charge >= 0.3 is 0 Å². The summed E-state index contributed by atoms with van der Waals surface area (Å²) in [5.41, 5.74) is 13.8. The monoisotopic (exact) mass is 247 g/mol. The highest BCUT2D eigenvalue weighted by Crippen LogP contribution is 2.19. The first-order valence-electron chi connectivity index (χ1n) is 6.49. The number of hydrogen-bond acceptors (Lipinski definition) is 3. The number of rotatable bonds is 2. The molecule has 1 aliphatic carbocycles. The lowest BCUT2D eigenvalue weighted by molar-refractivity contribution is 0.0926. The van der Waals surface area contributed by atoms with E-state index in [2.05, 4.69) is 5.32 Å². The van der Waals surface area contributed by atoms with Crippen LogP contribution in [0.25, 0.3) is 0 Å². The molecule has 1 amide bonds. The molecule has 18 heavy (non-hydrogen) atoms. The molecule has 0 heterocycles. The number of aryl methyl sites for hydroxylation is 1. The molecule has 0 radical (unpaired) electrons. The van der Waals surface area contributed by atoms with E-state index in [0.717, 1.165) is 31.2 Å². The summed E-state index contributed by atoms with van der Waals surface area (Å²) in [6, 6.07) is 6.05. The Bertz CT molecular complexity index is 437. The van der Waals surface area contributed by atoms with Crippen molar-refractivity contribution in [3.63, 3.8) is 0 Å². The van der Waals surface area contributed by atoms with Crippen LogP contribution in [-0.2, 0) is 0 Å². The minimum Gasteiger partial charge on any atom is -0.398 e. The average molecular weight is 247 g/mol. The third-order valence-corrected chi connectivity index (χ3v) is 3.56. The van der Waals surface area contributed by atoms with E-state index in [4.69, 9.17) is 11.5 Å². The van der Waals surface area contributed by atoms with Crippen molar-refractivity contribution in [1.29, 1.82) is 0 Å². The molecule has 0 aromatic heterocycles. The molecule has 5 N–H and O–H groups in total. The molecule has 1 saturated carbocycles. The van der Waals surface area contributed by atoms with Crippen LogP contribution in [0.3, 0.4) is 0 Å². The van der Waals surface area contributed by atoms with Gasteiger partial charge in [0.05, 0.1) is 5.56 Å². The number of carbonyl (C=O) groups excluding carboxylic acids is 1. The summed E-state index contributed by atoms with van der Waals surface area (Å²) in [7, 11) is 0. The lowest BCUT2D eigenvalue weighted by Gasteiger charge is -2.27. The van der Waals surface area contributed by atoms with Crippen LogP contribution >= 0.6 is 0 Å². The second kappa shape index (κ2) is 5.40. The third kappa shape index (κ3) is 3.01. The fourth-order valence-electron chi connectivity index (χ4n) is 2.39. The normalized spacial score (nSPS) is 23.7. The Kier molecular flexibility index (Phi) is 3.87. The first-order chi connectivity index (χ1) is 8.56. The number of nitrogens with two attached hydrogens (primary N) is 2. The second-order valence-electron chi connectivity index (χ2n) is 5.18. The van der Waals surface area contributed by atoms with Crippen LogP contribution in [0.4, 0.5) is 5.69 Å². The molecule has 1 aliphatic rings. The topological polar surface area (TPSA) is 81.1 Å². The Balaban J connectivity index is 2.01. The molecule has 98 valence electrons. The second-order valence-corrected chi connectivity index (χ2v) is 5.18. The van der Waals surface area contributed by atoms with Crippen LogP contribution in [0.1, 0.15) is 41.6 Å². The number of nitrogen functional groups attached to an aromatic ring is 1. The average Bonchev–Trinajstić information content (AvgIpc) is 2.35. The van der Waals surface area contributed by atoms with Gasteiger partial charge in [0.15, 0.2) is 0 Å². The van der Waals surface area contributed by atoms with Gasteiger partial charge in [-0.15, -0.1) is 0 Å². The lowest BCUT2D eigenvalue weighted by atomic mass is 9.91. The number of hydrogen-bond donors (Lipinski definition) is 3. The van der Waals surface area contributed by atoms with Crippen molar-refractivity contribution in [1.82, 2.24) is 5.32 Å². The maximum atomic E-state index is 12.1.